The van der Waals surface area contributed by atoms with E-state index in [2.05, 4.69) is 10.2 Å². The highest BCUT2D eigenvalue weighted by Crippen LogP contribution is 2.18. The standard InChI is InChI=1S/C19H29N3O3/c1-3-16-8-9-17(25-16)19(24)22-12-10-21(11-13-22)14(2)18(23)20-15-6-4-5-7-15/h8-9,14-15H,3-7,10-13H2,1-2H3,(H,20,23). The number of rotatable bonds is 5. The summed E-state index contributed by atoms with van der Waals surface area (Å²) in [4.78, 5) is 28.9. The number of amides is 2. The molecule has 1 atom stereocenters. The monoisotopic (exact) mass is 347 g/mol. The number of furan rings is 1. The van der Waals surface area contributed by atoms with E-state index < -0.39 is 0 Å². The zero-order valence-corrected chi connectivity index (χ0v) is 15.3. The lowest BCUT2D eigenvalue weighted by Gasteiger charge is -2.37. The first kappa shape index (κ1) is 18.0. The summed E-state index contributed by atoms with van der Waals surface area (Å²) >= 11 is 0. The van der Waals surface area contributed by atoms with E-state index in [4.69, 9.17) is 4.42 Å². The summed E-state index contributed by atoms with van der Waals surface area (Å²) in [6.07, 6.45) is 5.42. The van der Waals surface area contributed by atoms with Crippen LogP contribution in [0.5, 0.6) is 0 Å². The van der Waals surface area contributed by atoms with Crippen molar-refractivity contribution in [3.63, 3.8) is 0 Å². The molecule has 0 spiro atoms. The lowest BCUT2D eigenvalue weighted by atomic mass is 10.2. The van der Waals surface area contributed by atoms with Crippen molar-refractivity contribution in [1.82, 2.24) is 15.1 Å². The number of carbonyl (C=O) groups is 2. The Kier molecular flexibility index (Phi) is 5.78. The van der Waals surface area contributed by atoms with Gasteiger partial charge in [0.15, 0.2) is 5.76 Å². The van der Waals surface area contributed by atoms with Crippen molar-refractivity contribution in [2.75, 3.05) is 26.2 Å². The van der Waals surface area contributed by atoms with Crippen LogP contribution in [-0.2, 0) is 11.2 Å². The van der Waals surface area contributed by atoms with Gasteiger partial charge in [-0.25, -0.2) is 0 Å². The largest absolute Gasteiger partial charge is 0.456 e. The van der Waals surface area contributed by atoms with Gasteiger partial charge in [-0.2, -0.15) is 0 Å². The highest BCUT2D eigenvalue weighted by atomic mass is 16.4. The molecule has 3 rings (SSSR count). The first-order chi connectivity index (χ1) is 12.1. The number of carbonyl (C=O) groups excluding carboxylic acids is 2. The molecule has 1 saturated heterocycles. The number of nitrogens with zero attached hydrogens (tertiary/aromatic N) is 2. The molecule has 138 valence electrons. The minimum atomic E-state index is -0.145. The lowest BCUT2D eigenvalue weighted by Crippen LogP contribution is -2.55. The van der Waals surface area contributed by atoms with Crippen molar-refractivity contribution in [2.24, 2.45) is 0 Å². The molecule has 1 unspecified atom stereocenters. The molecule has 2 heterocycles. The van der Waals surface area contributed by atoms with Crippen LogP contribution in [0.15, 0.2) is 16.5 Å². The van der Waals surface area contributed by atoms with Gasteiger partial charge >= 0.3 is 0 Å². The van der Waals surface area contributed by atoms with Crippen LogP contribution in [0.3, 0.4) is 0 Å². The first-order valence-electron chi connectivity index (χ1n) is 9.51. The fourth-order valence-corrected chi connectivity index (χ4v) is 3.71. The van der Waals surface area contributed by atoms with Gasteiger partial charge in [0.05, 0.1) is 6.04 Å². The van der Waals surface area contributed by atoms with Crippen molar-refractivity contribution < 1.29 is 14.0 Å². The maximum absolute atomic E-state index is 12.5. The Morgan fingerprint density at radius 2 is 1.88 bits per heavy atom. The Hall–Kier alpha value is -1.82. The highest BCUT2D eigenvalue weighted by molar-refractivity contribution is 5.91. The molecule has 0 bridgehead atoms. The van der Waals surface area contributed by atoms with E-state index in [0.717, 1.165) is 25.0 Å². The molecule has 0 radical (unpaired) electrons. The number of nitrogens with one attached hydrogen (secondary N) is 1. The fraction of sp³-hybridized carbons (Fsp3) is 0.684. The maximum Gasteiger partial charge on any atom is 0.289 e. The lowest BCUT2D eigenvalue weighted by molar-refractivity contribution is -0.127. The second kappa shape index (κ2) is 8.04. The Morgan fingerprint density at radius 1 is 1.20 bits per heavy atom. The summed E-state index contributed by atoms with van der Waals surface area (Å²) in [6, 6.07) is 3.82. The van der Waals surface area contributed by atoms with Gasteiger partial charge in [-0.15, -0.1) is 0 Å². The van der Waals surface area contributed by atoms with Gasteiger partial charge in [0.2, 0.25) is 5.91 Å². The van der Waals surface area contributed by atoms with E-state index in [-0.39, 0.29) is 17.9 Å². The summed E-state index contributed by atoms with van der Waals surface area (Å²) < 4.78 is 5.57. The van der Waals surface area contributed by atoms with E-state index in [1.165, 1.54) is 12.8 Å². The van der Waals surface area contributed by atoms with Gasteiger partial charge in [0.25, 0.3) is 5.91 Å². The Labute approximate surface area is 149 Å². The van der Waals surface area contributed by atoms with E-state index in [0.29, 0.717) is 38.0 Å². The summed E-state index contributed by atoms with van der Waals surface area (Å²) in [5.41, 5.74) is 0. The van der Waals surface area contributed by atoms with Gasteiger partial charge in [-0.1, -0.05) is 19.8 Å². The van der Waals surface area contributed by atoms with Crippen molar-refractivity contribution >= 4 is 11.8 Å². The van der Waals surface area contributed by atoms with Gasteiger partial charge < -0.3 is 14.6 Å². The third kappa shape index (κ3) is 4.24. The second-order valence-corrected chi connectivity index (χ2v) is 7.11. The summed E-state index contributed by atoms with van der Waals surface area (Å²) in [6.45, 7) is 6.65. The van der Waals surface area contributed by atoms with Crippen LogP contribution in [0, 0.1) is 0 Å². The minimum absolute atomic E-state index is 0.0533. The molecule has 1 aliphatic carbocycles. The quantitative estimate of drug-likeness (QED) is 0.885. The van der Waals surface area contributed by atoms with Gasteiger partial charge in [-0.05, 0) is 31.9 Å². The summed E-state index contributed by atoms with van der Waals surface area (Å²) in [7, 11) is 0. The molecule has 1 N–H and O–H groups in total. The molecule has 6 nitrogen and oxygen atoms in total. The highest BCUT2D eigenvalue weighted by Gasteiger charge is 2.30. The van der Waals surface area contributed by atoms with E-state index in [1.54, 1.807) is 6.07 Å². The molecule has 25 heavy (non-hydrogen) atoms. The SMILES string of the molecule is CCc1ccc(C(=O)N2CCN(C(C)C(=O)NC3CCCC3)CC2)o1. The topological polar surface area (TPSA) is 65.8 Å². The van der Waals surface area contributed by atoms with Crippen LogP contribution in [0.25, 0.3) is 0 Å². The van der Waals surface area contributed by atoms with Crippen molar-refractivity contribution in [1.29, 1.82) is 0 Å². The smallest absolute Gasteiger partial charge is 0.289 e. The van der Waals surface area contributed by atoms with Crippen LogP contribution in [-0.4, -0.2) is 59.9 Å². The molecule has 1 saturated carbocycles. The average molecular weight is 347 g/mol. The minimum Gasteiger partial charge on any atom is -0.456 e. The average Bonchev–Trinajstić information content (AvgIpc) is 3.32. The number of hydrogen-bond acceptors (Lipinski definition) is 4. The Morgan fingerprint density at radius 3 is 2.48 bits per heavy atom. The molecule has 2 aliphatic rings. The number of piperazine rings is 1. The van der Waals surface area contributed by atoms with Gasteiger partial charge in [0, 0.05) is 38.6 Å². The van der Waals surface area contributed by atoms with E-state index >= 15 is 0 Å². The predicted octanol–water partition coefficient (Wildman–Crippen LogP) is 2.05. The molecular formula is C19H29N3O3. The maximum atomic E-state index is 12.5. The van der Waals surface area contributed by atoms with Crippen LogP contribution in [0.1, 0.15) is 55.8 Å². The van der Waals surface area contributed by atoms with E-state index in [1.807, 2.05) is 24.8 Å². The van der Waals surface area contributed by atoms with Crippen molar-refractivity contribution in [2.45, 2.75) is 58.0 Å². The normalized spacial score (nSPS) is 20.6. The van der Waals surface area contributed by atoms with Crippen LogP contribution in [0.4, 0.5) is 0 Å². The molecule has 1 aliphatic heterocycles. The molecule has 2 amide bonds. The second-order valence-electron chi connectivity index (χ2n) is 7.11. The molecule has 1 aromatic rings. The van der Waals surface area contributed by atoms with Crippen LogP contribution < -0.4 is 5.32 Å². The molecule has 6 heteroatoms. The molecule has 2 fully saturated rings. The zero-order valence-electron chi connectivity index (χ0n) is 15.3. The summed E-state index contributed by atoms with van der Waals surface area (Å²) in [5.74, 6) is 1.31. The number of hydrogen-bond donors (Lipinski definition) is 1. The zero-order chi connectivity index (χ0) is 17.8. The van der Waals surface area contributed by atoms with E-state index in [9.17, 15) is 9.59 Å². The Balaban J connectivity index is 1.48. The van der Waals surface area contributed by atoms with Gasteiger partial charge in [-0.3, -0.25) is 14.5 Å². The number of aryl methyl sites for hydroxylation is 1. The third-order valence-corrected chi connectivity index (χ3v) is 5.45. The molecular weight excluding hydrogens is 318 g/mol. The molecule has 0 aromatic carbocycles. The third-order valence-electron chi connectivity index (χ3n) is 5.45. The van der Waals surface area contributed by atoms with Crippen molar-refractivity contribution in [3.05, 3.63) is 23.7 Å². The van der Waals surface area contributed by atoms with Crippen LogP contribution >= 0.6 is 0 Å². The van der Waals surface area contributed by atoms with Gasteiger partial charge in [0.1, 0.15) is 5.76 Å². The fourth-order valence-electron chi connectivity index (χ4n) is 3.71. The summed E-state index contributed by atoms with van der Waals surface area (Å²) in [5, 5.41) is 3.17. The van der Waals surface area contributed by atoms with Crippen LogP contribution in [0.2, 0.25) is 0 Å². The molecule has 1 aromatic heterocycles. The predicted molar refractivity (Wildman–Crippen MR) is 95.4 cm³/mol. The van der Waals surface area contributed by atoms with Crippen molar-refractivity contribution in [3.8, 4) is 0 Å². The first-order valence-corrected chi connectivity index (χ1v) is 9.51. The Bertz CT molecular complexity index is 599.